The van der Waals surface area contributed by atoms with Gasteiger partial charge in [-0.1, -0.05) is 11.8 Å². The maximum Gasteiger partial charge on any atom is 0.244 e. The van der Waals surface area contributed by atoms with Gasteiger partial charge in [-0.15, -0.1) is 0 Å². The van der Waals surface area contributed by atoms with Crippen LogP contribution in [0.15, 0.2) is 47.9 Å². The van der Waals surface area contributed by atoms with Crippen LogP contribution in [0.5, 0.6) is 0 Å². The van der Waals surface area contributed by atoms with E-state index in [1.165, 1.54) is 40.9 Å². The Bertz CT molecular complexity index is 748. The van der Waals surface area contributed by atoms with Gasteiger partial charge in [0.15, 0.2) is 5.16 Å². The summed E-state index contributed by atoms with van der Waals surface area (Å²) in [7, 11) is 0. The van der Waals surface area contributed by atoms with Gasteiger partial charge in [-0.25, -0.2) is 14.4 Å². The predicted octanol–water partition coefficient (Wildman–Crippen LogP) is 2.97. The molecule has 2 aromatic rings. The van der Waals surface area contributed by atoms with E-state index < -0.39 is 5.54 Å². The van der Waals surface area contributed by atoms with Gasteiger partial charge in [-0.05, 0) is 51.1 Å². The van der Waals surface area contributed by atoms with E-state index in [0.29, 0.717) is 10.8 Å². The number of hydrogen-bond acceptors (Lipinski definition) is 5. The van der Waals surface area contributed by atoms with Crippen molar-refractivity contribution in [2.75, 3.05) is 17.6 Å². The highest BCUT2D eigenvalue weighted by Gasteiger charge is 2.28. The molecule has 6 nitrogen and oxygen atoms in total. The number of hydrogen-bond donors (Lipinski definition) is 1. The summed E-state index contributed by atoms with van der Waals surface area (Å²) in [6.45, 7) is 5.48. The van der Waals surface area contributed by atoms with Crippen molar-refractivity contribution in [3.8, 4) is 0 Å². The lowest BCUT2D eigenvalue weighted by Crippen LogP contribution is -2.50. The van der Waals surface area contributed by atoms with Gasteiger partial charge >= 0.3 is 0 Å². The molecule has 0 spiro atoms. The number of halogens is 1. The second-order valence-corrected chi connectivity index (χ2v) is 7.47. The lowest BCUT2D eigenvalue weighted by atomic mass is 10.1. The second-order valence-electron chi connectivity index (χ2n) is 6.53. The molecule has 0 aliphatic heterocycles. The van der Waals surface area contributed by atoms with Crippen LogP contribution < -0.4 is 5.32 Å². The third-order valence-electron chi connectivity index (χ3n) is 3.41. The van der Waals surface area contributed by atoms with Gasteiger partial charge < -0.3 is 10.2 Å². The van der Waals surface area contributed by atoms with Crippen LogP contribution in [0.2, 0.25) is 0 Å². The molecular formula is C18H21FN4O2S. The topological polar surface area (TPSA) is 75.2 Å². The van der Waals surface area contributed by atoms with Crippen molar-refractivity contribution in [3.05, 3.63) is 48.5 Å². The standard InChI is InChI=1S/C18H21FN4O2S/c1-18(2,3)23(16(25)12-26-17-20-9-4-10-21-17)11-15(24)22-14-7-5-13(19)6-8-14/h4-10H,11-12H2,1-3H3,(H,22,24). The molecule has 26 heavy (non-hydrogen) atoms. The Morgan fingerprint density at radius 3 is 2.35 bits per heavy atom. The van der Waals surface area contributed by atoms with Gasteiger partial charge in [-0.3, -0.25) is 9.59 Å². The number of carbonyl (C=O) groups is 2. The highest BCUT2D eigenvalue weighted by molar-refractivity contribution is 7.99. The van der Waals surface area contributed by atoms with Crippen molar-refractivity contribution in [2.24, 2.45) is 0 Å². The van der Waals surface area contributed by atoms with E-state index in [1.807, 2.05) is 20.8 Å². The Balaban J connectivity index is 1.98. The van der Waals surface area contributed by atoms with Crippen molar-refractivity contribution in [1.82, 2.24) is 14.9 Å². The zero-order valence-electron chi connectivity index (χ0n) is 14.9. The molecule has 0 saturated heterocycles. The molecule has 1 aromatic heterocycles. The van der Waals surface area contributed by atoms with E-state index in [0.717, 1.165) is 0 Å². The molecule has 1 aromatic carbocycles. The van der Waals surface area contributed by atoms with Crippen LogP contribution in [-0.4, -0.2) is 44.5 Å². The van der Waals surface area contributed by atoms with Gasteiger partial charge in [0.1, 0.15) is 12.4 Å². The minimum Gasteiger partial charge on any atom is -0.328 e. The fraction of sp³-hybridized carbons (Fsp3) is 0.333. The van der Waals surface area contributed by atoms with Crippen LogP contribution in [0.3, 0.4) is 0 Å². The number of nitrogens with zero attached hydrogens (tertiary/aromatic N) is 3. The number of anilines is 1. The molecule has 138 valence electrons. The van der Waals surface area contributed by atoms with Gasteiger partial charge in [0.25, 0.3) is 0 Å². The summed E-state index contributed by atoms with van der Waals surface area (Å²) in [4.78, 5) is 34.6. The molecule has 8 heteroatoms. The monoisotopic (exact) mass is 376 g/mol. The Labute approximate surface area is 156 Å². The molecule has 0 aliphatic carbocycles. The summed E-state index contributed by atoms with van der Waals surface area (Å²) in [6.07, 6.45) is 3.22. The maximum atomic E-state index is 12.9. The number of amides is 2. The van der Waals surface area contributed by atoms with Crippen molar-refractivity contribution in [2.45, 2.75) is 31.5 Å². The number of rotatable bonds is 6. The fourth-order valence-corrected chi connectivity index (χ4v) is 2.82. The molecular weight excluding hydrogens is 355 g/mol. The van der Waals surface area contributed by atoms with Crippen LogP contribution in [0.1, 0.15) is 20.8 Å². The average Bonchev–Trinajstić information content (AvgIpc) is 2.59. The SMILES string of the molecule is CC(C)(C)N(CC(=O)Nc1ccc(F)cc1)C(=O)CSc1ncccn1. The molecule has 0 fully saturated rings. The highest BCUT2D eigenvalue weighted by Crippen LogP contribution is 2.18. The summed E-state index contributed by atoms with van der Waals surface area (Å²) in [5, 5.41) is 3.17. The summed E-state index contributed by atoms with van der Waals surface area (Å²) < 4.78 is 12.9. The van der Waals surface area contributed by atoms with E-state index in [-0.39, 0.29) is 29.9 Å². The normalized spacial score (nSPS) is 11.1. The number of aromatic nitrogens is 2. The summed E-state index contributed by atoms with van der Waals surface area (Å²) in [6, 6.07) is 7.17. The zero-order chi connectivity index (χ0) is 19.2. The molecule has 0 aliphatic rings. The van der Waals surface area contributed by atoms with Gasteiger partial charge in [0.2, 0.25) is 11.8 Å². The number of nitrogens with one attached hydrogen (secondary N) is 1. The van der Waals surface area contributed by atoms with E-state index in [2.05, 4.69) is 15.3 Å². The maximum absolute atomic E-state index is 12.9. The van der Waals surface area contributed by atoms with E-state index in [9.17, 15) is 14.0 Å². The third-order valence-corrected chi connectivity index (χ3v) is 4.27. The van der Waals surface area contributed by atoms with E-state index >= 15 is 0 Å². The van der Waals surface area contributed by atoms with Crippen LogP contribution >= 0.6 is 11.8 Å². The smallest absolute Gasteiger partial charge is 0.244 e. The fourth-order valence-electron chi connectivity index (χ4n) is 2.14. The largest absolute Gasteiger partial charge is 0.328 e. The average molecular weight is 376 g/mol. The quantitative estimate of drug-likeness (QED) is 0.620. The molecule has 0 radical (unpaired) electrons. The summed E-state index contributed by atoms with van der Waals surface area (Å²) in [5.74, 6) is -0.787. The van der Waals surface area contributed by atoms with Crippen LogP contribution in [0, 0.1) is 5.82 Å². The summed E-state index contributed by atoms with van der Waals surface area (Å²) in [5.41, 5.74) is -0.0558. The number of carbonyl (C=O) groups excluding carboxylic acids is 2. The van der Waals surface area contributed by atoms with Crippen molar-refractivity contribution in [1.29, 1.82) is 0 Å². The van der Waals surface area contributed by atoms with Gasteiger partial charge in [0.05, 0.1) is 5.75 Å². The molecule has 0 atom stereocenters. The molecule has 0 unspecified atom stereocenters. The molecule has 2 rings (SSSR count). The summed E-state index contributed by atoms with van der Waals surface area (Å²) >= 11 is 1.22. The highest BCUT2D eigenvalue weighted by atomic mass is 32.2. The molecule has 0 bridgehead atoms. The first kappa shape index (κ1) is 19.8. The zero-order valence-corrected chi connectivity index (χ0v) is 15.7. The Morgan fingerprint density at radius 1 is 1.15 bits per heavy atom. The lowest BCUT2D eigenvalue weighted by Gasteiger charge is -2.35. The van der Waals surface area contributed by atoms with Crippen molar-refractivity contribution in [3.63, 3.8) is 0 Å². The first-order valence-electron chi connectivity index (χ1n) is 8.01. The minimum absolute atomic E-state index is 0.101. The molecule has 2 amide bonds. The van der Waals surface area contributed by atoms with E-state index in [4.69, 9.17) is 0 Å². The Kier molecular flexibility index (Phi) is 6.68. The number of benzene rings is 1. The first-order chi connectivity index (χ1) is 12.3. The van der Waals surface area contributed by atoms with Crippen LogP contribution in [0.25, 0.3) is 0 Å². The van der Waals surface area contributed by atoms with Crippen LogP contribution in [-0.2, 0) is 9.59 Å². The van der Waals surface area contributed by atoms with Gasteiger partial charge in [0, 0.05) is 23.6 Å². The van der Waals surface area contributed by atoms with Gasteiger partial charge in [-0.2, -0.15) is 0 Å². The molecule has 0 saturated carbocycles. The van der Waals surface area contributed by atoms with E-state index in [1.54, 1.807) is 18.5 Å². The Morgan fingerprint density at radius 2 is 1.77 bits per heavy atom. The first-order valence-corrected chi connectivity index (χ1v) is 9.00. The molecule has 1 N–H and O–H groups in total. The third kappa shape index (κ3) is 6.11. The second kappa shape index (κ2) is 8.75. The Hall–Kier alpha value is -2.48. The lowest BCUT2D eigenvalue weighted by molar-refractivity contribution is -0.137. The number of thioether (sulfide) groups is 1. The predicted molar refractivity (Wildman–Crippen MR) is 99.3 cm³/mol. The van der Waals surface area contributed by atoms with Crippen molar-refractivity contribution >= 4 is 29.3 Å². The van der Waals surface area contributed by atoms with Crippen LogP contribution in [0.4, 0.5) is 10.1 Å². The minimum atomic E-state index is -0.532. The molecule has 1 heterocycles. The van der Waals surface area contributed by atoms with Crippen molar-refractivity contribution < 1.29 is 14.0 Å².